The van der Waals surface area contributed by atoms with Crippen molar-refractivity contribution < 1.29 is 28.6 Å². The highest BCUT2D eigenvalue weighted by atomic mass is 32.1. The molecule has 12 nitrogen and oxygen atoms in total. The Morgan fingerprint density at radius 2 is 1.86 bits per heavy atom. The van der Waals surface area contributed by atoms with E-state index in [1.165, 1.54) is 42.2 Å². The highest BCUT2D eigenvalue weighted by molar-refractivity contribution is 7.22. The van der Waals surface area contributed by atoms with Gasteiger partial charge in [0.05, 0.1) is 36.2 Å². The lowest BCUT2D eigenvalue weighted by atomic mass is 10.0. The van der Waals surface area contributed by atoms with Crippen molar-refractivity contribution >= 4 is 33.4 Å². The second-order valence-electron chi connectivity index (χ2n) is 11.1. The quantitative estimate of drug-likeness (QED) is 0.299. The number of likely N-dealkylation sites (tertiary alicyclic amines) is 1. The third-order valence-electron chi connectivity index (χ3n) is 8.00. The van der Waals surface area contributed by atoms with Crippen LogP contribution < -0.4 is 16.0 Å². The lowest BCUT2D eigenvalue weighted by Gasteiger charge is -2.34. The summed E-state index contributed by atoms with van der Waals surface area (Å²) in [5.74, 6) is -0.365. The van der Waals surface area contributed by atoms with Crippen molar-refractivity contribution in [3.05, 3.63) is 68.7 Å². The van der Waals surface area contributed by atoms with E-state index in [0.717, 1.165) is 10.1 Å². The number of hydrogen-bond acceptors (Lipinski definition) is 9. The summed E-state index contributed by atoms with van der Waals surface area (Å²) in [4.78, 5) is 59.1. The maximum Gasteiger partial charge on any atom is 0.333 e. The zero-order chi connectivity index (χ0) is 31.1. The van der Waals surface area contributed by atoms with E-state index in [9.17, 15) is 24.3 Å². The van der Waals surface area contributed by atoms with Crippen LogP contribution in [-0.4, -0.2) is 62.3 Å². The van der Waals surface area contributed by atoms with Crippen LogP contribution in [0.25, 0.3) is 21.0 Å². The summed E-state index contributed by atoms with van der Waals surface area (Å²) in [6.45, 7) is 7.03. The third kappa shape index (κ3) is 5.62. The monoisotopic (exact) mass is 610 g/mol. The van der Waals surface area contributed by atoms with E-state index in [2.05, 4.69) is 4.98 Å². The number of aromatic nitrogens is 3. The zero-order valence-corrected chi connectivity index (χ0v) is 25.5. The van der Waals surface area contributed by atoms with Gasteiger partial charge in [-0.15, -0.1) is 11.3 Å². The number of nitrogens with zero attached hydrogens (tertiary/aromatic N) is 4. The first-order valence-corrected chi connectivity index (χ1v) is 14.7. The van der Waals surface area contributed by atoms with Crippen molar-refractivity contribution in [3.8, 4) is 16.5 Å². The van der Waals surface area contributed by atoms with Gasteiger partial charge in [0, 0.05) is 20.0 Å². The molecule has 3 aromatic heterocycles. The average molecular weight is 611 g/mol. The molecule has 1 fully saturated rings. The van der Waals surface area contributed by atoms with Crippen LogP contribution in [0.2, 0.25) is 0 Å². The number of thiophene rings is 1. The van der Waals surface area contributed by atoms with Crippen molar-refractivity contribution in [1.82, 2.24) is 19.0 Å². The van der Waals surface area contributed by atoms with E-state index in [1.807, 2.05) is 12.1 Å². The van der Waals surface area contributed by atoms with Gasteiger partial charge in [0.15, 0.2) is 0 Å². The molecule has 1 aromatic carbocycles. The van der Waals surface area contributed by atoms with Gasteiger partial charge in [-0.1, -0.05) is 12.1 Å². The number of hydrogen-bond donors (Lipinski definition) is 1. The summed E-state index contributed by atoms with van der Waals surface area (Å²) < 4.78 is 19.7. The molecule has 1 N–H and O–H groups in total. The van der Waals surface area contributed by atoms with E-state index < -0.39 is 28.9 Å². The molecule has 13 heteroatoms. The maximum absolute atomic E-state index is 14.1. The fourth-order valence-corrected chi connectivity index (χ4v) is 6.63. The van der Waals surface area contributed by atoms with Crippen molar-refractivity contribution in [2.75, 3.05) is 20.2 Å². The van der Waals surface area contributed by atoms with Crippen LogP contribution in [-0.2, 0) is 26.4 Å². The predicted molar refractivity (Wildman–Crippen MR) is 160 cm³/mol. The molecule has 0 bridgehead atoms. The van der Waals surface area contributed by atoms with Gasteiger partial charge in [-0.05, 0) is 56.9 Å². The molecule has 228 valence electrons. The zero-order valence-electron chi connectivity index (χ0n) is 24.7. The van der Waals surface area contributed by atoms with Gasteiger partial charge in [-0.25, -0.2) is 19.1 Å². The number of amides is 1. The first-order chi connectivity index (χ1) is 20.4. The standard InChI is InChI=1S/C30H34N4O8S/c1-17-23-26(36)34(30(3,4)28(37)38)29(39)33(27(23)43-24(17)25-31-12-15-41-25)16-22(19-6-8-20(40-5)9-7-19)42-21-10-13-32(14-11-21)18(2)35/h6-9,12,15,21-22H,10-11,13-14,16H2,1-5H3,(H,37,38). The fraction of sp³-hybridized carbons (Fsp3) is 0.433. The number of carboxylic acids is 1. The Labute approximate surface area is 251 Å². The van der Waals surface area contributed by atoms with Gasteiger partial charge < -0.3 is 23.9 Å². The number of piperidine rings is 1. The third-order valence-corrected chi connectivity index (χ3v) is 9.30. The van der Waals surface area contributed by atoms with Gasteiger partial charge >= 0.3 is 11.7 Å². The van der Waals surface area contributed by atoms with Crippen LogP contribution in [0.5, 0.6) is 5.75 Å². The van der Waals surface area contributed by atoms with Gasteiger partial charge in [0.25, 0.3) is 5.56 Å². The fourth-order valence-electron chi connectivity index (χ4n) is 5.39. The number of oxazole rings is 1. The highest BCUT2D eigenvalue weighted by Gasteiger charge is 2.36. The Balaban J connectivity index is 1.67. The highest BCUT2D eigenvalue weighted by Crippen LogP contribution is 2.37. The molecule has 1 unspecified atom stereocenters. The van der Waals surface area contributed by atoms with Crippen molar-refractivity contribution in [2.24, 2.45) is 0 Å². The van der Waals surface area contributed by atoms with Crippen molar-refractivity contribution in [1.29, 1.82) is 0 Å². The Morgan fingerprint density at radius 3 is 2.42 bits per heavy atom. The molecule has 0 radical (unpaired) electrons. The van der Waals surface area contributed by atoms with Gasteiger partial charge in [-0.3, -0.25) is 14.2 Å². The molecular formula is C30H34N4O8S. The number of aliphatic carboxylic acids is 1. The minimum atomic E-state index is -1.84. The molecule has 5 rings (SSSR count). The van der Waals surface area contributed by atoms with Crippen LogP contribution in [0.15, 0.2) is 50.7 Å². The minimum Gasteiger partial charge on any atom is -0.497 e. The molecule has 1 aliphatic rings. The number of carbonyl (C=O) groups is 2. The SMILES string of the molecule is COc1ccc(C(Cn2c(=O)n(C(C)(C)C(=O)O)c(=O)c3c(C)c(-c4ncco4)sc32)OC2CCN(C(C)=O)CC2)cc1. The molecule has 0 aliphatic carbocycles. The van der Waals surface area contributed by atoms with Crippen molar-refractivity contribution in [3.63, 3.8) is 0 Å². The van der Waals surface area contributed by atoms with E-state index in [1.54, 1.807) is 38.0 Å². The summed E-state index contributed by atoms with van der Waals surface area (Å²) in [5.41, 5.74) is -1.99. The van der Waals surface area contributed by atoms with E-state index in [0.29, 0.717) is 52.8 Å². The van der Waals surface area contributed by atoms with E-state index in [4.69, 9.17) is 13.9 Å². The van der Waals surface area contributed by atoms with Crippen LogP contribution in [0.3, 0.4) is 0 Å². The number of rotatable bonds is 9. The molecule has 1 atom stereocenters. The number of benzene rings is 1. The molecule has 4 heterocycles. The number of fused-ring (bicyclic) bond motifs is 1. The largest absolute Gasteiger partial charge is 0.497 e. The molecule has 0 saturated carbocycles. The van der Waals surface area contributed by atoms with E-state index >= 15 is 0 Å². The molecule has 4 aromatic rings. The lowest BCUT2D eigenvalue weighted by molar-refractivity contribution is -0.146. The summed E-state index contributed by atoms with van der Waals surface area (Å²) in [6, 6.07) is 7.30. The second kappa shape index (κ2) is 11.8. The topological polar surface area (TPSA) is 146 Å². The number of ether oxygens (including phenoxy) is 2. The first-order valence-electron chi connectivity index (χ1n) is 13.9. The first kappa shape index (κ1) is 30.2. The number of methoxy groups -OCH3 is 1. The van der Waals surface area contributed by atoms with Crippen LogP contribution in [0.4, 0.5) is 0 Å². The molecule has 43 heavy (non-hydrogen) atoms. The second-order valence-corrected chi connectivity index (χ2v) is 12.1. The smallest absolute Gasteiger partial charge is 0.333 e. The number of aryl methyl sites for hydroxylation is 1. The summed E-state index contributed by atoms with van der Waals surface area (Å²) in [7, 11) is 1.57. The maximum atomic E-state index is 14.1. The Hall–Kier alpha value is -4.23. The number of carbonyl (C=O) groups excluding carboxylic acids is 1. The molecule has 1 aliphatic heterocycles. The summed E-state index contributed by atoms with van der Waals surface area (Å²) >= 11 is 1.18. The average Bonchev–Trinajstić information content (AvgIpc) is 3.63. The number of carboxylic acid groups (broad SMARTS) is 1. The predicted octanol–water partition coefficient (Wildman–Crippen LogP) is 3.79. The van der Waals surface area contributed by atoms with Crippen LogP contribution >= 0.6 is 11.3 Å². The summed E-state index contributed by atoms with van der Waals surface area (Å²) in [5, 5.41) is 10.2. The van der Waals surface area contributed by atoms with Crippen LogP contribution in [0, 0.1) is 6.92 Å². The van der Waals surface area contributed by atoms with E-state index in [-0.39, 0.29) is 23.9 Å². The van der Waals surface area contributed by atoms with Gasteiger partial charge in [0.2, 0.25) is 11.8 Å². The summed E-state index contributed by atoms with van der Waals surface area (Å²) in [6.07, 6.45) is 3.31. The Kier molecular flexibility index (Phi) is 8.30. The molecule has 1 amide bonds. The van der Waals surface area contributed by atoms with Crippen molar-refractivity contribution in [2.45, 2.75) is 64.8 Å². The molecule has 1 saturated heterocycles. The van der Waals surface area contributed by atoms with Gasteiger partial charge in [-0.2, -0.15) is 0 Å². The normalized spacial score (nSPS) is 15.1. The molecule has 0 spiro atoms. The lowest BCUT2D eigenvalue weighted by Crippen LogP contribution is -2.52. The minimum absolute atomic E-state index is 0.00442. The van der Waals surface area contributed by atoms with Crippen LogP contribution in [0.1, 0.15) is 50.8 Å². The van der Waals surface area contributed by atoms with Gasteiger partial charge in [0.1, 0.15) is 28.5 Å². The molecular weight excluding hydrogens is 576 g/mol. The Bertz CT molecular complexity index is 1760. The Morgan fingerprint density at radius 1 is 1.19 bits per heavy atom.